The summed E-state index contributed by atoms with van der Waals surface area (Å²) in [6.45, 7) is 4.04. The van der Waals surface area contributed by atoms with Gasteiger partial charge >= 0.3 is 5.97 Å². The van der Waals surface area contributed by atoms with Crippen LogP contribution in [0, 0.1) is 29.6 Å². The second-order valence-electron chi connectivity index (χ2n) is 6.85. The zero-order valence-corrected chi connectivity index (χ0v) is 13.5. The average molecular weight is 315 g/mol. The van der Waals surface area contributed by atoms with Gasteiger partial charge in [-0.3, -0.25) is 14.1 Å². The maximum absolute atomic E-state index is 11.7. The van der Waals surface area contributed by atoms with Crippen LogP contribution in [0.2, 0.25) is 0 Å². The Bertz CT molecular complexity index is 384. The maximum Gasteiger partial charge on any atom is 0.308 e. The number of rotatable bonds is 7. The molecular formula is C15H25NO4S. The normalized spacial score (nSPS) is 36.2. The van der Waals surface area contributed by atoms with Crippen molar-refractivity contribution in [2.75, 3.05) is 6.61 Å². The van der Waals surface area contributed by atoms with Gasteiger partial charge in [-0.25, -0.2) is 0 Å². The van der Waals surface area contributed by atoms with Gasteiger partial charge in [0, 0.05) is 5.92 Å². The van der Waals surface area contributed by atoms with Crippen LogP contribution in [0.15, 0.2) is 0 Å². The second kappa shape index (κ2) is 6.44. The third kappa shape index (κ3) is 3.55. The Morgan fingerprint density at radius 3 is 2.38 bits per heavy atom. The van der Waals surface area contributed by atoms with Crippen LogP contribution in [0.3, 0.4) is 0 Å². The van der Waals surface area contributed by atoms with Crippen molar-refractivity contribution in [1.29, 1.82) is 0 Å². The summed E-state index contributed by atoms with van der Waals surface area (Å²) in [6.07, 6.45) is 4.74. The smallest absolute Gasteiger partial charge is 0.308 e. The van der Waals surface area contributed by atoms with Gasteiger partial charge in [0.15, 0.2) is 6.29 Å². The van der Waals surface area contributed by atoms with Crippen molar-refractivity contribution in [2.24, 2.45) is 34.7 Å². The van der Waals surface area contributed by atoms with Crippen molar-refractivity contribution in [2.45, 2.75) is 51.9 Å². The number of esters is 1. The van der Waals surface area contributed by atoms with Crippen LogP contribution >= 0.6 is 12.2 Å². The van der Waals surface area contributed by atoms with E-state index in [-0.39, 0.29) is 24.3 Å². The lowest BCUT2D eigenvalue weighted by Gasteiger charge is -2.23. The molecule has 0 aromatic carbocycles. The number of hydrogen-bond donors (Lipinski definition) is 1. The predicted molar refractivity (Wildman–Crippen MR) is 79.7 cm³/mol. The molecule has 120 valence electrons. The van der Waals surface area contributed by atoms with Crippen LogP contribution in [0.4, 0.5) is 0 Å². The Hall–Kier alpha value is -0.300. The third-order valence-electron chi connectivity index (χ3n) is 4.84. The first-order valence-corrected chi connectivity index (χ1v) is 8.76. The molecule has 1 saturated heterocycles. The Labute approximate surface area is 130 Å². The topological polar surface area (TPSA) is 70.8 Å². The molecule has 4 atom stereocenters. The minimum Gasteiger partial charge on any atom is -0.463 e. The first-order valence-electron chi connectivity index (χ1n) is 7.96. The van der Waals surface area contributed by atoms with Gasteiger partial charge in [-0.05, 0) is 43.4 Å². The Morgan fingerprint density at radius 1 is 1.24 bits per heavy atom. The van der Waals surface area contributed by atoms with E-state index in [9.17, 15) is 4.79 Å². The van der Waals surface area contributed by atoms with Gasteiger partial charge < -0.3 is 9.47 Å². The standard InChI is InChI=1S/C15H25NO4S/c1-8(2)14(17)18-7-11-12(9-3-4-9)13(10-5-6-10)15(19-11)20-21-16/h8-13,15H,3-7,16H2,1-2H3. The molecule has 6 heteroatoms. The first kappa shape index (κ1) is 15.6. The molecule has 2 N–H and O–H groups in total. The Kier molecular flexibility index (Phi) is 4.78. The zero-order chi connectivity index (χ0) is 15.0. The summed E-state index contributed by atoms with van der Waals surface area (Å²) in [5, 5.41) is 5.46. The van der Waals surface area contributed by atoms with Gasteiger partial charge in [0.25, 0.3) is 0 Å². The molecule has 2 saturated carbocycles. The van der Waals surface area contributed by atoms with E-state index in [0.29, 0.717) is 30.3 Å². The summed E-state index contributed by atoms with van der Waals surface area (Å²) < 4.78 is 17.0. The molecule has 3 rings (SSSR count). The molecule has 0 spiro atoms. The fourth-order valence-corrected chi connectivity index (χ4v) is 3.81. The van der Waals surface area contributed by atoms with Crippen molar-refractivity contribution in [1.82, 2.24) is 0 Å². The SMILES string of the molecule is CC(C)C(=O)OCC1OC(OSN)C(C2CC2)C1C1CC1. The van der Waals surface area contributed by atoms with Crippen LogP contribution in [0.25, 0.3) is 0 Å². The van der Waals surface area contributed by atoms with E-state index >= 15 is 0 Å². The minimum absolute atomic E-state index is 0.0389. The molecule has 5 nitrogen and oxygen atoms in total. The van der Waals surface area contributed by atoms with E-state index in [1.807, 2.05) is 13.8 Å². The van der Waals surface area contributed by atoms with Gasteiger partial charge in [-0.15, -0.1) is 0 Å². The summed E-state index contributed by atoms with van der Waals surface area (Å²) in [5.41, 5.74) is 0. The van der Waals surface area contributed by atoms with Crippen molar-refractivity contribution in [3.05, 3.63) is 0 Å². The zero-order valence-electron chi connectivity index (χ0n) is 12.7. The van der Waals surface area contributed by atoms with Gasteiger partial charge in [0.1, 0.15) is 6.61 Å². The average Bonchev–Trinajstić information content (AvgIpc) is 3.34. The summed E-state index contributed by atoms with van der Waals surface area (Å²) in [7, 11) is 0. The second-order valence-corrected chi connectivity index (χ2v) is 7.23. The molecule has 0 radical (unpaired) electrons. The van der Waals surface area contributed by atoms with Gasteiger partial charge in [0.05, 0.1) is 24.3 Å². The molecule has 3 aliphatic rings. The van der Waals surface area contributed by atoms with Crippen molar-refractivity contribution in [3.63, 3.8) is 0 Å². The molecule has 21 heavy (non-hydrogen) atoms. The highest BCUT2D eigenvalue weighted by molar-refractivity contribution is 7.92. The van der Waals surface area contributed by atoms with Gasteiger partial charge in [-0.1, -0.05) is 13.8 Å². The summed E-state index contributed by atoms with van der Waals surface area (Å²) in [4.78, 5) is 11.7. The molecule has 0 aromatic heterocycles. The summed E-state index contributed by atoms with van der Waals surface area (Å²) >= 11 is 0.881. The minimum atomic E-state index is -0.249. The van der Waals surface area contributed by atoms with Crippen LogP contribution in [0.5, 0.6) is 0 Å². The molecule has 0 aromatic rings. The molecule has 0 bridgehead atoms. The number of ether oxygens (including phenoxy) is 2. The summed E-state index contributed by atoms with van der Waals surface area (Å²) in [6, 6.07) is 0. The monoisotopic (exact) mass is 315 g/mol. The van der Waals surface area contributed by atoms with Crippen molar-refractivity contribution >= 4 is 18.2 Å². The largest absolute Gasteiger partial charge is 0.463 e. The van der Waals surface area contributed by atoms with E-state index < -0.39 is 0 Å². The lowest BCUT2D eigenvalue weighted by molar-refractivity contribution is -0.155. The highest BCUT2D eigenvalue weighted by Gasteiger charge is 2.56. The lowest BCUT2D eigenvalue weighted by Crippen LogP contribution is -2.30. The van der Waals surface area contributed by atoms with Crippen LogP contribution in [0.1, 0.15) is 39.5 Å². The Balaban J connectivity index is 1.65. The number of nitrogens with two attached hydrogens (primary N) is 1. The van der Waals surface area contributed by atoms with E-state index in [4.69, 9.17) is 18.8 Å². The summed E-state index contributed by atoms with van der Waals surface area (Å²) in [5.74, 6) is 2.00. The Morgan fingerprint density at radius 2 is 1.86 bits per heavy atom. The van der Waals surface area contributed by atoms with E-state index in [1.165, 1.54) is 25.7 Å². The van der Waals surface area contributed by atoms with E-state index in [0.717, 1.165) is 12.2 Å². The predicted octanol–water partition coefficient (Wildman–Crippen LogP) is 2.50. The fraction of sp³-hybridized carbons (Fsp3) is 0.933. The molecule has 4 unspecified atom stereocenters. The molecule has 2 aliphatic carbocycles. The van der Waals surface area contributed by atoms with E-state index in [2.05, 4.69) is 0 Å². The first-order chi connectivity index (χ1) is 10.1. The van der Waals surface area contributed by atoms with Gasteiger partial charge in [0.2, 0.25) is 0 Å². The highest BCUT2D eigenvalue weighted by atomic mass is 32.2. The molecule has 1 heterocycles. The van der Waals surface area contributed by atoms with E-state index in [1.54, 1.807) is 0 Å². The number of carbonyl (C=O) groups excluding carboxylic acids is 1. The number of carbonyl (C=O) groups is 1. The third-order valence-corrected chi connectivity index (χ3v) is 5.14. The number of hydrogen-bond acceptors (Lipinski definition) is 6. The van der Waals surface area contributed by atoms with Crippen LogP contribution in [-0.2, 0) is 18.5 Å². The molecule has 1 aliphatic heterocycles. The van der Waals surface area contributed by atoms with Crippen molar-refractivity contribution in [3.8, 4) is 0 Å². The fourth-order valence-electron chi connectivity index (χ4n) is 3.52. The molecule has 0 amide bonds. The maximum atomic E-state index is 11.7. The highest BCUT2D eigenvalue weighted by Crippen LogP contribution is 2.56. The quantitative estimate of drug-likeness (QED) is 0.442. The molecule has 3 fully saturated rings. The lowest BCUT2D eigenvalue weighted by atomic mass is 9.82. The van der Waals surface area contributed by atoms with Crippen LogP contribution < -0.4 is 5.14 Å². The van der Waals surface area contributed by atoms with Gasteiger partial charge in [-0.2, -0.15) is 0 Å². The molecular weight excluding hydrogens is 290 g/mol. The van der Waals surface area contributed by atoms with Crippen LogP contribution in [-0.4, -0.2) is 25.0 Å². The van der Waals surface area contributed by atoms with Crippen molar-refractivity contribution < 1.29 is 18.5 Å².